The molecule has 9 heteroatoms. The van der Waals surface area contributed by atoms with Gasteiger partial charge >= 0.3 is 0 Å². The van der Waals surface area contributed by atoms with Crippen molar-refractivity contribution in [2.24, 2.45) is 0 Å². The minimum atomic E-state index is -3.58. The second-order valence-electron chi connectivity index (χ2n) is 8.26. The smallest absolute Gasteiger partial charge is 0.255 e. The van der Waals surface area contributed by atoms with Crippen molar-refractivity contribution in [3.63, 3.8) is 0 Å². The molecule has 0 unspecified atom stereocenters. The van der Waals surface area contributed by atoms with Gasteiger partial charge in [-0.1, -0.05) is 41.4 Å². The van der Waals surface area contributed by atoms with Gasteiger partial charge in [0.25, 0.3) is 5.91 Å². The van der Waals surface area contributed by atoms with Crippen LogP contribution in [0.3, 0.4) is 0 Å². The zero-order chi connectivity index (χ0) is 25.0. The summed E-state index contributed by atoms with van der Waals surface area (Å²) in [5, 5.41) is 3.44. The first-order chi connectivity index (χ1) is 16.8. The highest BCUT2D eigenvalue weighted by Crippen LogP contribution is 2.35. The van der Waals surface area contributed by atoms with E-state index in [1.807, 2.05) is 18.7 Å². The predicted molar refractivity (Wildman–Crippen MR) is 139 cm³/mol. The molecule has 1 amide bonds. The van der Waals surface area contributed by atoms with E-state index in [2.05, 4.69) is 5.32 Å². The number of hydrogen-bond acceptors (Lipinski definition) is 5. The summed E-state index contributed by atoms with van der Waals surface area (Å²) in [5.74, 6) is 0.341. The summed E-state index contributed by atoms with van der Waals surface area (Å²) < 4.78 is 33.1. The van der Waals surface area contributed by atoms with Gasteiger partial charge in [-0.05, 0) is 56.3 Å². The fraction of sp³-hybridized carbons (Fsp3) is 0.269. The van der Waals surface area contributed by atoms with Crippen molar-refractivity contribution in [3.05, 3.63) is 82.9 Å². The monoisotopic (exact) mass is 513 g/mol. The molecule has 184 valence electrons. The maximum Gasteiger partial charge on any atom is 0.255 e. The summed E-state index contributed by atoms with van der Waals surface area (Å²) in [6.07, 6.45) is 0. The van der Waals surface area contributed by atoms with Crippen LogP contribution in [0, 0.1) is 6.92 Å². The number of aryl methyl sites for hydroxylation is 1. The largest absolute Gasteiger partial charge is 0.494 e. The van der Waals surface area contributed by atoms with Crippen LogP contribution >= 0.6 is 11.6 Å². The Hall–Kier alpha value is -3.07. The Morgan fingerprint density at radius 1 is 1.00 bits per heavy atom. The molecule has 0 radical (unpaired) electrons. The number of carbonyl (C=O) groups excluding carboxylic acids is 1. The van der Waals surface area contributed by atoms with Gasteiger partial charge in [0.05, 0.1) is 27.9 Å². The molecule has 35 heavy (non-hydrogen) atoms. The van der Waals surface area contributed by atoms with Gasteiger partial charge in [-0.25, -0.2) is 8.42 Å². The van der Waals surface area contributed by atoms with E-state index in [9.17, 15) is 13.2 Å². The van der Waals surface area contributed by atoms with Crippen LogP contribution in [0.4, 0.5) is 11.4 Å². The summed E-state index contributed by atoms with van der Waals surface area (Å²) in [4.78, 5) is 15.3. The second kappa shape index (κ2) is 10.7. The van der Waals surface area contributed by atoms with E-state index < -0.39 is 10.0 Å². The lowest BCUT2D eigenvalue weighted by atomic mass is 10.1. The average molecular weight is 514 g/mol. The summed E-state index contributed by atoms with van der Waals surface area (Å²) in [5.41, 5.74) is 2.72. The Bertz CT molecular complexity index is 1300. The number of nitrogens with zero attached hydrogens (tertiary/aromatic N) is 2. The zero-order valence-corrected chi connectivity index (χ0v) is 21.3. The van der Waals surface area contributed by atoms with Gasteiger partial charge in [0.1, 0.15) is 5.75 Å². The number of ether oxygens (including phenoxy) is 1. The molecule has 3 aromatic carbocycles. The molecule has 1 fully saturated rings. The van der Waals surface area contributed by atoms with E-state index in [-0.39, 0.29) is 10.8 Å². The van der Waals surface area contributed by atoms with Gasteiger partial charge < -0.3 is 15.0 Å². The topological polar surface area (TPSA) is 79.0 Å². The molecular weight excluding hydrogens is 486 g/mol. The van der Waals surface area contributed by atoms with Crippen molar-refractivity contribution in [2.45, 2.75) is 18.7 Å². The van der Waals surface area contributed by atoms with Crippen LogP contribution < -0.4 is 15.0 Å². The van der Waals surface area contributed by atoms with Crippen molar-refractivity contribution >= 4 is 38.9 Å². The number of nitrogens with one attached hydrogen (secondary N) is 1. The number of para-hydroxylation sites is 1. The molecule has 3 aromatic rings. The van der Waals surface area contributed by atoms with Crippen LogP contribution in [-0.2, 0) is 10.0 Å². The predicted octanol–water partition coefficient (Wildman–Crippen LogP) is 4.81. The van der Waals surface area contributed by atoms with Gasteiger partial charge in [0.15, 0.2) is 0 Å². The highest BCUT2D eigenvalue weighted by Gasteiger charge is 2.30. The standard InChI is InChI=1S/C26H28ClN3O4S/c1-3-34-21-7-4-6-20(18-21)26(31)28-24-9-5-8-23(27)25(24)29-14-16-30(17-15-29)35(32,33)22-12-10-19(2)11-13-22/h4-13,18H,3,14-17H2,1-2H3,(H,28,31). The minimum absolute atomic E-state index is 0.282. The number of benzene rings is 3. The first-order valence-corrected chi connectivity index (χ1v) is 13.3. The molecule has 0 atom stereocenters. The fourth-order valence-corrected chi connectivity index (χ4v) is 5.75. The average Bonchev–Trinajstić information content (AvgIpc) is 2.85. The van der Waals surface area contributed by atoms with Gasteiger partial charge in [-0.2, -0.15) is 4.31 Å². The first kappa shape index (κ1) is 25.0. The summed E-state index contributed by atoms with van der Waals surface area (Å²) in [7, 11) is -3.58. The molecule has 0 aliphatic carbocycles. The van der Waals surface area contributed by atoms with Crippen LogP contribution in [0.1, 0.15) is 22.8 Å². The van der Waals surface area contributed by atoms with Crippen molar-refractivity contribution in [1.29, 1.82) is 0 Å². The Labute approximate surface area is 211 Å². The summed E-state index contributed by atoms with van der Waals surface area (Å²) >= 11 is 6.55. The van der Waals surface area contributed by atoms with E-state index in [0.717, 1.165) is 5.56 Å². The lowest BCUT2D eigenvalue weighted by Gasteiger charge is -2.36. The normalized spacial score (nSPS) is 14.5. The highest BCUT2D eigenvalue weighted by atomic mass is 35.5. The van der Waals surface area contributed by atoms with E-state index in [0.29, 0.717) is 60.5 Å². The molecule has 1 N–H and O–H groups in total. The molecule has 1 saturated heterocycles. The quantitative estimate of drug-likeness (QED) is 0.490. The third-order valence-corrected chi connectivity index (χ3v) is 8.07. The number of amides is 1. The third kappa shape index (κ3) is 5.61. The van der Waals surface area contributed by atoms with Crippen LogP contribution in [0.15, 0.2) is 71.6 Å². The van der Waals surface area contributed by atoms with Crippen molar-refractivity contribution in [1.82, 2.24) is 4.31 Å². The fourth-order valence-electron chi connectivity index (χ4n) is 4.04. The van der Waals surface area contributed by atoms with E-state index in [1.54, 1.807) is 66.7 Å². The first-order valence-electron chi connectivity index (χ1n) is 11.4. The molecule has 1 aliphatic heterocycles. The Balaban J connectivity index is 1.50. The molecule has 0 aromatic heterocycles. The van der Waals surface area contributed by atoms with Crippen molar-refractivity contribution in [2.75, 3.05) is 43.0 Å². The third-order valence-electron chi connectivity index (χ3n) is 5.86. The Morgan fingerprint density at radius 2 is 1.69 bits per heavy atom. The van der Waals surface area contributed by atoms with Gasteiger partial charge in [-0.15, -0.1) is 0 Å². The minimum Gasteiger partial charge on any atom is -0.494 e. The molecule has 1 aliphatic rings. The van der Waals surface area contributed by atoms with Gasteiger partial charge in [0.2, 0.25) is 10.0 Å². The lowest BCUT2D eigenvalue weighted by Crippen LogP contribution is -2.49. The number of piperazine rings is 1. The molecule has 0 spiro atoms. The molecule has 0 saturated carbocycles. The number of carbonyl (C=O) groups is 1. The van der Waals surface area contributed by atoms with E-state index >= 15 is 0 Å². The number of anilines is 2. The number of halogens is 1. The number of sulfonamides is 1. The van der Waals surface area contributed by atoms with Crippen LogP contribution in [0.5, 0.6) is 5.75 Å². The molecule has 0 bridgehead atoms. The summed E-state index contributed by atoms with van der Waals surface area (Å²) in [6, 6.07) is 19.2. The SMILES string of the molecule is CCOc1cccc(C(=O)Nc2cccc(Cl)c2N2CCN(S(=O)(=O)c3ccc(C)cc3)CC2)c1. The number of rotatable bonds is 7. The maximum atomic E-state index is 13.1. The molecular formula is C26H28ClN3O4S. The zero-order valence-electron chi connectivity index (χ0n) is 19.7. The molecule has 7 nitrogen and oxygen atoms in total. The molecule has 4 rings (SSSR count). The van der Waals surface area contributed by atoms with Crippen LogP contribution in [-0.4, -0.2) is 51.4 Å². The highest BCUT2D eigenvalue weighted by molar-refractivity contribution is 7.89. The Kier molecular flexibility index (Phi) is 7.64. The molecule has 1 heterocycles. The second-order valence-corrected chi connectivity index (χ2v) is 10.6. The van der Waals surface area contributed by atoms with Crippen LogP contribution in [0.2, 0.25) is 5.02 Å². The van der Waals surface area contributed by atoms with E-state index in [4.69, 9.17) is 16.3 Å². The lowest BCUT2D eigenvalue weighted by molar-refractivity contribution is 0.102. The Morgan fingerprint density at radius 3 is 2.37 bits per heavy atom. The maximum absolute atomic E-state index is 13.1. The van der Waals surface area contributed by atoms with Crippen molar-refractivity contribution in [3.8, 4) is 5.75 Å². The van der Waals surface area contributed by atoms with E-state index in [1.165, 1.54) is 4.31 Å². The number of hydrogen-bond donors (Lipinski definition) is 1. The van der Waals surface area contributed by atoms with Crippen LogP contribution in [0.25, 0.3) is 0 Å². The van der Waals surface area contributed by atoms with Crippen molar-refractivity contribution < 1.29 is 17.9 Å². The van der Waals surface area contributed by atoms with Gasteiger partial charge in [-0.3, -0.25) is 4.79 Å². The summed E-state index contributed by atoms with van der Waals surface area (Å²) in [6.45, 7) is 5.82. The van der Waals surface area contributed by atoms with Gasteiger partial charge in [0, 0.05) is 31.7 Å².